The van der Waals surface area contributed by atoms with Gasteiger partial charge in [-0.2, -0.15) is 0 Å². The van der Waals surface area contributed by atoms with E-state index in [0.29, 0.717) is 19.3 Å². The summed E-state index contributed by atoms with van der Waals surface area (Å²) in [5, 5.41) is 0. The van der Waals surface area contributed by atoms with Crippen molar-refractivity contribution in [3.63, 3.8) is 0 Å². The van der Waals surface area contributed by atoms with Gasteiger partial charge in [0.1, 0.15) is 13.2 Å². The fourth-order valence-electron chi connectivity index (χ4n) is 9.87. The molecule has 0 spiro atoms. The number of carbonyl (C=O) groups excluding carboxylic acids is 3. The van der Waals surface area contributed by atoms with E-state index in [4.69, 9.17) is 14.2 Å². The van der Waals surface area contributed by atoms with Gasteiger partial charge in [0.15, 0.2) is 6.10 Å². The predicted octanol–water partition coefficient (Wildman–Crippen LogP) is 23.3. The SMILES string of the molecule is CC/C=C\C/C=C\C/C=C\C/C=C\CCCCCCC(=O)OC(COC(=O)CCCCCCC/C=C\C/C=C\CCCC)COC(=O)CCCCCCCCCCCCCCCCCCCCCCCCCCCCCCC. The molecule has 0 saturated carbocycles. The smallest absolute Gasteiger partial charge is 0.306 e. The van der Waals surface area contributed by atoms with Gasteiger partial charge in [0.05, 0.1) is 0 Å². The first-order chi connectivity index (χ1) is 38.5. The zero-order chi connectivity index (χ0) is 56.4. The number of hydrogen-bond acceptors (Lipinski definition) is 6. The molecule has 0 aliphatic carbocycles. The van der Waals surface area contributed by atoms with Gasteiger partial charge in [0.2, 0.25) is 0 Å². The monoisotopic (exact) mass is 1090 g/mol. The third kappa shape index (κ3) is 63.7. The summed E-state index contributed by atoms with van der Waals surface area (Å²) in [6.07, 6.45) is 86.5. The van der Waals surface area contributed by atoms with Crippen molar-refractivity contribution in [3.05, 3.63) is 72.9 Å². The minimum Gasteiger partial charge on any atom is -0.462 e. The second-order valence-electron chi connectivity index (χ2n) is 22.7. The molecule has 0 aromatic heterocycles. The van der Waals surface area contributed by atoms with E-state index in [9.17, 15) is 14.4 Å². The van der Waals surface area contributed by atoms with Crippen LogP contribution in [0.1, 0.15) is 348 Å². The van der Waals surface area contributed by atoms with Crippen LogP contribution in [0.5, 0.6) is 0 Å². The van der Waals surface area contributed by atoms with Crippen LogP contribution in [0.25, 0.3) is 0 Å². The molecule has 6 nitrogen and oxygen atoms in total. The lowest BCUT2D eigenvalue weighted by atomic mass is 10.0. The highest BCUT2D eigenvalue weighted by molar-refractivity contribution is 5.71. The Kier molecular flexibility index (Phi) is 63.7. The van der Waals surface area contributed by atoms with Crippen LogP contribution in [0.15, 0.2) is 72.9 Å². The summed E-state index contributed by atoms with van der Waals surface area (Å²) in [6, 6.07) is 0. The first-order valence-corrected chi connectivity index (χ1v) is 33.9. The molecule has 0 aliphatic rings. The van der Waals surface area contributed by atoms with Crippen molar-refractivity contribution >= 4 is 17.9 Å². The quantitative estimate of drug-likeness (QED) is 0.0261. The summed E-state index contributed by atoms with van der Waals surface area (Å²) in [7, 11) is 0. The highest BCUT2D eigenvalue weighted by Gasteiger charge is 2.19. The maximum atomic E-state index is 12.9. The fraction of sp³-hybridized carbons (Fsp3) is 0.792. The number of hydrogen-bond donors (Lipinski definition) is 0. The summed E-state index contributed by atoms with van der Waals surface area (Å²) in [4.78, 5) is 38.3. The van der Waals surface area contributed by atoms with E-state index in [0.717, 1.165) is 122 Å². The lowest BCUT2D eigenvalue weighted by Gasteiger charge is -2.18. The fourth-order valence-corrected chi connectivity index (χ4v) is 9.87. The van der Waals surface area contributed by atoms with Crippen LogP contribution in [0.4, 0.5) is 0 Å². The molecule has 1 unspecified atom stereocenters. The van der Waals surface area contributed by atoms with Crippen LogP contribution < -0.4 is 0 Å². The largest absolute Gasteiger partial charge is 0.462 e. The van der Waals surface area contributed by atoms with E-state index < -0.39 is 6.10 Å². The topological polar surface area (TPSA) is 78.9 Å². The number of ether oxygens (including phenoxy) is 3. The average molecular weight is 1090 g/mol. The second-order valence-corrected chi connectivity index (χ2v) is 22.7. The number of allylic oxidation sites excluding steroid dienone is 12. The Labute approximate surface area is 484 Å². The molecule has 0 heterocycles. The molecule has 0 aromatic rings. The van der Waals surface area contributed by atoms with Crippen LogP contribution >= 0.6 is 0 Å². The molecular weight excluding hydrogens is 961 g/mol. The van der Waals surface area contributed by atoms with E-state index >= 15 is 0 Å². The molecule has 0 aromatic carbocycles. The molecule has 0 rings (SSSR count). The van der Waals surface area contributed by atoms with E-state index in [1.54, 1.807) is 0 Å². The minimum absolute atomic E-state index is 0.0874. The molecule has 0 saturated heterocycles. The summed E-state index contributed by atoms with van der Waals surface area (Å²) < 4.78 is 16.9. The molecule has 1 atom stereocenters. The van der Waals surface area contributed by atoms with Crippen molar-refractivity contribution < 1.29 is 28.6 Å². The predicted molar refractivity (Wildman–Crippen MR) is 339 cm³/mol. The van der Waals surface area contributed by atoms with Gasteiger partial charge < -0.3 is 14.2 Å². The van der Waals surface area contributed by atoms with Crippen molar-refractivity contribution in [2.45, 2.75) is 354 Å². The average Bonchev–Trinajstić information content (AvgIpc) is 3.44. The Hall–Kier alpha value is -3.15. The Morgan fingerprint density at radius 2 is 0.513 bits per heavy atom. The molecule has 6 heteroatoms. The molecule has 0 N–H and O–H groups in total. The molecule has 0 amide bonds. The lowest BCUT2D eigenvalue weighted by Crippen LogP contribution is -2.30. The highest BCUT2D eigenvalue weighted by Crippen LogP contribution is 2.18. The van der Waals surface area contributed by atoms with Crippen LogP contribution in [0, 0.1) is 0 Å². The van der Waals surface area contributed by atoms with E-state index in [1.807, 2.05) is 0 Å². The maximum absolute atomic E-state index is 12.9. The Morgan fingerprint density at radius 1 is 0.269 bits per heavy atom. The van der Waals surface area contributed by atoms with Crippen molar-refractivity contribution in [2.75, 3.05) is 13.2 Å². The molecule has 0 aliphatic heterocycles. The van der Waals surface area contributed by atoms with Crippen molar-refractivity contribution in [1.29, 1.82) is 0 Å². The first kappa shape index (κ1) is 74.8. The van der Waals surface area contributed by atoms with Crippen molar-refractivity contribution in [3.8, 4) is 0 Å². The lowest BCUT2D eigenvalue weighted by molar-refractivity contribution is -0.167. The van der Waals surface area contributed by atoms with Gasteiger partial charge in [-0.3, -0.25) is 14.4 Å². The molecule has 0 bridgehead atoms. The van der Waals surface area contributed by atoms with E-state index in [-0.39, 0.29) is 31.1 Å². The Balaban J connectivity index is 4.23. The van der Waals surface area contributed by atoms with Gasteiger partial charge in [-0.1, -0.05) is 318 Å². The molecule has 78 heavy (non-hydrogen) atoms. The standard InChI is InChI=1S/C72H128O6/c1-4-7-10-13-16-19-22-25-28-30-31-32-33-34-35-36-37-38-39-40-41-43-44-47-50-53-56-59-62-65-71(74)77-68-69(67-76-70(73)64-61-58-55-52-49-46-27-24-21-18-15-12-9-6-3)78-72(75)66-63-60-57-54-51-48-45-42-29-26-23-20-17-14-11-8-5-2/h8,11,15,17-18,20,24,26-27,29,45,48,69H,4-7,9-10,12-14,16,19,21-23,25,28,30-44,46-47,49-68H2,1-3H3/b11-8-,18-15-,20-17-,27-24-,29-26-,48-45-. The maximum Gasteiger partial charge on any atom is 0.306 e. The number of esters is 3. The highest BCUT2D eigenvalue weighted by atomic mass is 16.6. The van der Waals surface area contributed by atoms with E-state index in [2.05, 4.69) is 93.7 Å². The second kappa shape index (κ2) is 66.4. The van der Waals surface area contributed by atoms with Crippen molar-refractivity contribution in [1.82, 2.24) is 0 Å². The third-order valence-electron chi connectivity index (χ3n) is 14.9. The zero-order valence-electron chi connectivity index (χ0n) is 51.9. The number of rotatable bonds is 62. The van der Waals surface area contributed by atoms with Crippen LogP contribution in [-0.4, -0.2) is 37.2 Å². The van der Waals surface area contributed by atoms with Gasteiger partial charge in [0, 0.05) is 19.3 Å². The summed E-state index contributed by atoms with van der Waals surface area (Å²) >= 11 is 0. The zero-order valence-corrected chi connectivity index (χ0v) is 51.9. The van der Waals surface area contributed by atoms with Gasteiger partial charge in [-0.15, -0.1) is 0 Å². The summed E-state index contributed by atoms with van der Waals surface area (Å²) in [5.41, 5.74) is 0. The molecular formula is C72H128O6. The Morgan fingerprint density at radius 3 is 0.821 bits per heavy atom. The van der Waals surface area contributed by atoms with Gasteiger partial charge in [-0.05, 0) is 83.5 Å². The Bertz CT molecular complexity index is 1440. The number of unbranched alkanes of at least 4 members (excludes halogenated alkanes) is 39. The molecule has 0 fully saturated rings. The first-order valence-electron chi connectivity index (χ1n) is 33.9. The van der Waals surface area contributed by atoms with Crippen LogP contribution in [0.2, 0.25) is 0 Å². The molecule has 452 valence electrons. The normalized spacial score (nSPS) is 12.5. The van der Waals surface area contributed by atoms with Crippen LogP contribution in [0.3, 0.4) is 0 Å². The minimum atomic E-state index is -0.794. The summed E-state index contributed by atoms with van der Waals surface area (Å²) in [5.74, 6) is -0.910. The van der Waals surface area contributed by atoms with Gasteiger partial charge >= 0.3 is 17.9 Å². The van der Waals surface area contributed by atoms with E-state index in [1.165, 1.54) is 186 Å². The molecule has 0 radical (unpaired) electrons. The summed E-state index contributed by atoms with van der Waals surface area (Å²) in [6.45, 7) is 6.50. The van der Waals surface area contributed by atoms with Gasteiger partial charge in [-0.25, -0.2) is 0 Å². The van der Waals surface area contributed by atoms with Crippen LogP contribution in [-0.2, 0) is 28.6 Å². The van der Waals surface area contributed by atoms with Crippen molar-refractivity contribution in [2.24, 2.45) is 0 Å². The third-order valence-corrected chi connectivity index (χ3v) is 14.9. The number of carbonyl (C=O) groups is 3. The van der Waals surface area contributed by atoms with Gasteiger partial charge in [0.25, 0.3) is 0 Å².